The Kier molecular flexibility index (Phi) is 2.87. The number of hydrogen-bond donors (Lipinski definition) is 2. The van der Waals surface area contributed by atoms with Crippen LogP contribution in [0.15, 0.2) is 42.5 Å². The fraction of sp³-hybridized carbons (Fsp3) is 0.235. The Labute approximate surface area is 117 Å². The highest BCUT2D eigenvalue weighted by molar-refractivity contribution is 5.94. The van der Waals surface area contributed by atoms with Crippen molar-refractivity contribution in [3.63, 3.8) is 0 Å². The van der Waals surface area contributed by atoms with Gasteiger partial charge in [-0.3, -0.25) is 4.79 Å². The third-order valence-corrected chi connectivity index (χ3v) is 3.99. The lowest BCUT2D eigenvalue weighted by Gasteiger charge is -2.24. The Bertz CT molecular complexity index is 663. The van der Waals surface area contributed by atoms with Crippen LogP contribution >= 0.6 is 0 Å². The molecule has 0 spiro atoms. The van der Waals surface area contributed by atoms with E-state index in [1.54, 1.807) is 12.1 Å². The molecule has 3 heteroatoms. The molecule has 0 heterocycles. The summed E-state index contributed by atoms with van der Waals surface area (Å²) in [5, 5.41) is 21.0. The van der Waals surface area contributed by atoms with Gasteiger partial charge < -0.3 is 10.2 Å². The molecule has 0 aromatic heterocycles. The number of phenols is 1. The van der Waals surface area contributed by atoms with Crippen LogP contribution in [0, 0.1) is 0 Å². The zero-order chi connectivity index (χ0) is 14.3. The topological polar surface area (TPSA) is 57.5 Å². The molecule has 102 valence electrons. The molecule has 20 heavy (non-hydrogen) atoms. The van der Waals surface area contributed by atoms with E-state index < -0.39 is 5.60 Å². The van der Waals surface area contributed by atoms with E-state index in [1.807, 2.05) is 24.3 Å². The normalized spacial score (nSPS) is 15.9. The predicted octanol–water partition coefficient (Wildman–Crippen LogP) is 2.58. The van der Waals surface area contributed by atoms with Crippen molar-refractivity contribution >= 4 is 5.78 Å². The second kappa shape index (κ2) is 4.46. The molecule has 1 aliphatic rings. The summed E-state index contributed by atoms with van der Waals surface area (Å²) in [7, 11) is 0. The fourth-order valence-corrected chi connectivity index (χ4v) is 2.93. The van der Waals surface area contributed by atoms with Crippen LogP contribution in [0.1, 0.15) is 34.0 Å². The number of carbonyl (C=O) groups is 1. The van der Waals surface area contributed by atoms with Gasteiger partial charge in [-0.15, -0.1) is 0 Å². The Morgan fingerprint density at radius 3 is 2.20 bits per heavy atom. The lowest BCUT2D eigenvalue weighted by Crippen LogP contribution is -2.26. The summed E-state index contributed by atoms with van der Waals surface area (Å²) in [5.41, 5.74) is 2.04. The molecule has 0 saturated heterocycles. The molecule has 1 aliphatic carbocycles. The average molecular weight is 268 g/mol. The first kappa shape index (κ1) is 12.9. The molecule has 0 bridgehead atoms. The van der Waals surface area contributed by atoms with Gasteiger partial charge in [0.25, 0.3) is 0 Å². The highest BCUT2D eigenvalue weighted by Crippen LogP contribution is 2.41. The predicted molar refractivity (Wildman–Crippen MR) is 75.9 cm³/mol. The first-order valence-electron chi connectivity index (χ1n) is 6.63. The van der Waals surface area contributed by atoms with Crippen molar-refractivity contribution in [2.24, 2.45) is 0 Å². The number of aliphatic hydroxyl groups is 1. The minimum atomic E-state index is -1.09. The van der Waals surface area contributed by atoms with E-state index in [9.17, 15) is 15.0 Å². The van der Waals surface area contributed by atoms with Crippen LogP contribution in [-0.2, 0) is 18.4 Å². The summed E-state index contributed by atoms with van der Waals surface area (Å²) in [6.45, 7) is 1.45. The van der Waals surface area contributed by atoms with Crippen molar-refractivity contribution in [2.45, 2.75) is 25.4 Å². The van der Waals surface area contributed by atoms with Gasteiger partial charge in [0, 0.05) is 24.0 Å². The first-order chi connectivity index (χ1) is 9.49. The molecule has 0 atom stereocenters. The summed E-state index contributed by atoms with van der Waals surface area (Å²) in [6.07, 6.45) is 0.965. The van der Waals surface area contributed by atoms with Crippen LogP contribution in [0.25, 0.3) is 0 Å². The van der Waals surface area contributed by atoms with Crippen molar-refractivity contribution in [3.05, 3.63) is 64.7 Å². The minimum Gasteiger partial charge on any atom is -0.508 e. The Hall–Kier alpha value is -2.13. The molecule has 0 saturated carbocycles. The number of carbonyl (C=O) groups excluding carboxylic acids is 1. The van der Waals surface area contributed by atoms with Crippen molar-refractivity contribution in [2.75, 3.05) is 0 Å². The molecular formula is C17H16O3. The Morgan fingerprint density at radius 1 is 1.10 bits per heavy atom. The summed E-state index contributed by atoms with van der Waals surface area (Å²) in [5.74, 6) is -0.124. The van der Waals surface area contributed by atoms with Gasteiger partial charge in [-0.05, 0) is 24.1 Å². The number of rotatable bonds is 2. The van der Waals surface area contributed by atoms with Crippen LogP contribution in [-0.4, -0.2) is 16.0 Å². The van der Waals surface area contributed by atoms with E-state index >= 15 is 0 Å². The van der Waals surface area contributed by atoms with Gasteiger partial charge in [-0.1, -0.05) is 36.4 Å². The molecule has 2 aromatic carbocycles. The summed E-state index contributed by atoms with van der Waals surface area (Å²) in [4.78, 5) is 11.3. The maximum atomic E-state index is 11.3. The monoisotopic (exact) mass is 268 g/mol. The van der Waals surface area contributed by atoms with E-state index in [0.717, 1.165) is 11.1 Å². The van der Waals surface area contributed by atoms with Gasteiger partial charge in [-0.25, -0.2) is 0 Å². The number of hydrogen-bond acceptors (Lipinski definition) is 3. The summed E-state index contributed by atoms with van der Waals surface area (Å²) < 4.78 is 0. The summed E-state index contributed by atoms with van der Waals surface area (Å²) in [6, 6.07) is 12.6. The van der Waals surface area contributed by atoms with Crippen molar-refractivity contribution in [3.8, 4) is 5.75 Å². The number of ketones is 1. The van der Waals surface area contributed by atoms with Gasteiger partial charge in [0.15, 0.2) is 5.78 Å². The fourth-order valence-electron chi connectivity index (χ4n) is 2.93. The zero-order valence-electron chi connectivity index (χ0n) is 11.3. The van der Waals surface area contributed by atoms with Gasteiger partial charge in [0.05, 0.1) is 0 Å². The second-order valence-electron chi connectivity index (χ2n) is 5.44. The molecule has 0 radical (unpaired) electrons. The summed E-state index contributed by atoms with van der Waals surface area (Å²) >= 11 is 0. The average Bonchev–Trinajstić information content (AvgIpc) is 2.75. The zero-order valence-corrected chi connectivity index (χ0v) is 11.3. The smallest absolute Gasteiger partial charge is 0.159 e. The SMILES string of the molecule is CC(=O)c1ccc(C2(O)Cc3ccccc3C2)c(O)c1. The lowest BCUT2D eigenvalue weighted by molar-refractivity contribution is 0.0457. The highest BCUT2D eigenvalue weighted by Gasteiger charge is 2.38. The van der Waals surface area contributed by atoms with E-state index in [0.29, 0.717) is 24.0 Å². The molecule has 0 aliphatic heterocycles. The third kappa shape index (κ3) is 2.00. The second-order valence-corrected chi connectivity index (χ2v) is 5.44. The van der Waals surface area contributed by atoms with Crippen LogP contribution in [0.3, 0.4) is 0 Å². The number of Topliss-reactive ketones (excluding diaryl/α,β-unsaturated/α-hetero) is 1. The Balaban J connectivity index is 2.00. The third-order valence-electron chi connectivity index (χ3n) is 3.99. The lowest BCUT2D eigenvalue weighted by atomic mass is 9.89. The van der Waals surface area contributed by atoms with Crippen LogP contribution in [0.5, 0.6) is 5.75 Å². The number of phenolic OH excluding ortho intramolecular Hbond substituents is 1. The van der Waals surface area contributed by atoms with Gasteiger partial charge in [0.1, 0.15) is 11.4 Å². The van der Waals surface area contributed by atoms with Crippen LogP contribution in [0.4, 0.5) is 0 Å². The molecule has 0 amide bonds. The van der Waals surface area contributed by atoms with Crippen molar-refractivity contribution in [1.29, 1.82) is 0 Å². The molecule has 3 rings (SSSR count). The minimum absolute atomic E-state index is 0.0204. The quantitative estimate of drug-likeness (QED) is 0.823. The molecular weight excluding hydrogens is 252 g/mol. The van der Waals surface area contributed by atoms with Gasteiger partial charge in [0.2, 0.25) is 0 Å². The van der Waals surface area contributed by atoms with E-state index in [2.05, 4.69) is 0 Å². The van der Waals surface area contributed by atoms with Gasteiger partial charge >= 0.3 is 0 Å². The first-order valence-corrected chi connectivity index (χ1v) is 6.63. The molecule has 3 nitrogen and oxygen atoms in total. The Morgan fingerprint density at radius 2 is 1.70 bits per heavy atom. The maximum absolute atomic E-state index is 11.3. The van der Waals surface area contributed by atoms with Crippen molar-refractivity contribution < 1.29 is 15.0 Å². The van der Waals surface area contributed by atoms with Crippen LogP contribution < -0.4 is 0 Å². The maximum Gasteiger partial charge on any atom is 0.159 e. The molecule has 2 aromatic rings. The van der Waals surface area contributed by atoms with E-state index in [4.69, 9.17) is 0 Å². The number of aromatic hydroxyl groups is 1. The standard InChI is InChI=1S/C17H16O3/c1-11(18)12-6-7-15(16(19)8-12)17(20)9-13-4-2-3-5-14(13)10-17/h2-8,19-20H,9-10H2,1H3. The molecule has 0 fully saturated rings. The van der Waals surface area contributed by atoms with Crippen molar-refractivity contribution in [1.82, 2.24) is 0 Å². The number of benzene rings is 2. The van der Waals surface area contributed by atoms with E-state index in [1.165, 1.54) is 13.0 Å². The van der Waals surface area contributed by atoms with Gasteiger partial charge in [-0.2, -0.15) is 0 Å². The van der Waals surface area contributed by atoms with E-state index in [-0.39, 0.29) is 11.5 Å². The number of fused-ring (bicyclic) bond motifs is 1. The van der Waals surface area contributed by atoms with Crippen LogP contribution in [0.2, 0.25) is 0 Å². The molecule has 2 N–H and O–H groups in total. The largest absolute Gasteiger partial charge is 0.508 e. The molecule has 0 unspecified atom stereocenters. The highest BCUT2D eigenvalue weighted by atomic mass is 16.3.